The average molecular weight is 548 g/mol. The van der Waals surface area contributed by atoms with E-state index in [0.29, 0.717) is 0 Å². The van der Waals surface area contributed by atoms with Gasteiger partial charge in [0.15, 0.2) is 0 Å². The van der Waals surface area contributed by atoms with E-state index in [0.717, 1.165) is 41.3 Å². The van der Waals surface area contributed by atoms with Crippen molar-refractivity contribution >= 4 is 57.2 Å². The third-order valence-corrected chi connectivity index (χ3v) is 4.77. The van der Waals surface area contributed by atoms with Crippen LogP contribution < -0.4 is 4.74 Å². The Kier molecular flexibility index (Phi) is 7.34. The summed E-state index contributed by atoms with van der Waals surface area (Å²) in [6.07, 6.45) is 3.01. The molecule has 0 aliphatic heterocycles. The zero-order chi connectivity index (χ0) is 17.7. The molecule has 0 radical (unpaired) electrons. The molecule has 0 spiro atoms. The highest BCUT2D eigenvalue weighted by molar-refractivity contribution is 14.1. The van der Waals surface area contributed by atoms with E-state index in [2.05, 4.69) is 94.0 Å². The van der Waals surface area contributed by atoms with E-state index in [9.17, 15) is 0 Å². The van der Waals surface area contributed by atoms with Crippen molar-refractivity contribution in [2.75, 3.05) is 13.6 Å². The Morgan fingerprint density at radius 1 is 1.04 bits per heavy atom. The minimum absolute atomic E-state index is 0.868. The van der Waals surface area contributed by atoms with Gasteiger partial charge in [0.2, 0.25) is 0 Å². The van der Waals surface area contributed by atoms with Gasteiger partial charge >= 0.3 is 0 Å². The van der Waals surface area contributed by atoms with E-state index < -0.39 is 0 Å². The normalized spacial score (nSPS) is 11.1. The molecule has 0 amide bonds. The molecule has 0 aliphatic carbocycles. The number of rotatable bonds is 6. The summed E-state index contributed by atoms with van der Waals surface area (Å²) in [7, 11) is 2.05. The van der Waals surface area contributed by atoms with Crippen molar-refractivity contribution in [2.24, 2.45) is 4.99 Å². The first-order valence-corrected chi connectivity index (χ1v) is 10.0. The minimum Gasteiger partial charge on any atom is -0.457 e. The van der Waals surface area contributed by atoms with Crippen molar-refractivity contribution in [3.63, 3.8) is 0 Å². The summed E-state index contributed by atoms with van der Waals surface area (Å²) >= 11 is 4.62. The van der Waals surface area contributed by atoms with E-state index in [4.69, 9.17) is 4.74 Å². The molecule has 3 nitrogen and oxygen atoms in total. The van der Waals surface area contributed by atoms with Crippen LogP contribution in [0, 0.1) is 21.0 Å². The molecular weight excluding hydrogens is 526 g/mol. The van der Waals surface area contributed by atoms with Crippen molar-refractivity contribution in [1.82, 2.24) is 4.90 Å². The van der Waals surface area contributed by atoms with Gasteiger partial charge in [0.05, 0.1) is 12.0 Å². The highest BCUT2D eigenvalue weighted by Gasteiger charge is 2.07. The zero-order valence-electron chi connectivity index (χ0n) is 14.4. The van der Waals surface area contributed by atoms with Gasteiger partial charge in [-0.3, -0.25) is 0 Å². The Morgan fingerprint density at radius 2 is 1.71 bits per heavy atom. The number of benzene rings is 2. The van der Waals surface area contributed by atoms with Crippen LogP contribution in [-0.2, 0) is 0 Å². The summed E-state index contributed by atoms with van der Waals surface area (Å²) in [5, 5.41) is 0. The average Bonchev–Trinajstić information content (AvgIpc) is 2.48. The van der Waals surface area contributed by atoms with Gasteiger partial charge in [-0.1, -0.05) is 6.92 Å². The lowest BCUT2D eigenvalue weighted by Crippen LogP contribution is -2.16. The van der Waals surface area contributed by atoms with Gasteiger partial charge in [-0.25, -0.2) is 4.99 Å². The Morgan fingerprint density at radius 3 is 2.33 bits per heavy atom. The van der Waals surface area contributed by atoms with Crippen LogP contribution in [0.4, 0.5) is 5.69 Å². The first kappa shape index (κ1) is 19.5. The van der Waals surface area contributed by atoms with E-state index in [1.54, 1.807) is 0 Å². The molecule has 0 N–H and O–H groups in total. The zero-order valence-corrected chi connectivity index (χ0v) is 18.8. The van der Waals surface area contributed by atoms with Gasteiger partial charge in [0.1, 0.15) is 11.5 Å². The third-order valence-electron chi connectivity index (χ3n) is 3.53. The lowest BCUT2D eigenvalue weighted by Gasteiger charge is -2.13. The fraction of sp³-hybridized carbons (Fsp3) is 0.316. The Balaban J connectivity index is 2.23. The molecule has 2 aromatic rings. The highest BCUT2D eigenvalue weighted by atomic mass is 127. The molecule has 128 valence electrons. The Hall–Kier alpha value is -0.830. The van der Waals surface area contributed by atoms with Crippen LogP contribution in [0.25, 0.3) is 0 Å². The number of aryl methyl sites for hydroxylation is 2. The summed E-state index contributed by atoms with van der Waals surface area (Å²) in [6.45, 7) is 7.30. The standard InChI is InChI=1S/C19H22I2N2O/c1-5-6-23(4)12-22-18-7-14(3)19(8-13(18)2)24-17-10-15(20)9-16(21)11-17/h7-12H,5-6H2,1-4H3. The smallest absolute Gasteiger partial charge is 0.130 e. The number of halogens is 2. The van der Waals surface area contributed by atoms with Gasteiger partial charge in [-0.2, -0.15) is 0 Å². The second-order valence-electron chi connectivity index (χ2n) is 5.84. The van der Waals surface area contributed by atoms with Crippen molar-refractivity contribution in [3.05, 3.63) is 48.6 Å². The monoisotopic (exact) mass is 548 g/mol. The maximum absolute atomic E-state index is 6.10. The van der Waals surface area contributed by atoms with E-state index >= 15 is 0 Å². The van der Waals surface area contributed by atoms with Crippen LogP contribution in [-0.4, -0.2) is 24.8 Å². The first-order chi connectivity index (χ1) is 11.4. The van der Waals surface area contributed by atoms with Crippen LogP contribution in [0.15, 0.2) is 35.3 Å². The summed E-state index contributed by atoms with van der Waals surface area (Å²) in [6, 6.07) is 10.4. The quantitative estimate of drug-likeness (QED) is 0.241. The van der Waals surface area contributed by atoms with Crippen molar-refractivity contribution in [2.45, 2.75) is 27.2 Å². The van der Waals surface area contributed by atoms with Crippen LogP contribution in [0.1, 0.15) is 24.5 Å². The number of hydrogen-bond donors (Lipinski definition) is 0. The molecule has 0 aliphatic rings. The van der Waals surface area contributed by atoms with Gasteiger partial charge < -0.3 is 9.64 Å². The molecule has 5 heteroatoms. The largest absolute Gasteiger partial charge is 0.457 e. The molecule has 0 atom stereocenters. The second-order valence-corrected chi connectivity index (χ2v) is 8.33. The predicted molar refractivity (Wildman–Crippen MR) is 119 cm³/mol. The number of ether oxygens (including phenoxy) is 1. The fourth-order valence-corrected chi connectivity index (χ4v) is 4.19. The molecule has 24 heavy (non-hydrogen) atoms. The molecule has 0 unspecified atom stereocenters. The van der Waals surface area contributed by atoms with Crippen LogP contribution >= 0.6 is 45.2 Å². The van der Waals surface area contributed by atoms with Crippen molar-refractivity contribution in [1.29, 1.82) is 0 Å². The SMILES string of the molecule is CCCN(C)C=Nc1cc(C)c(Oc2cc(I)cc(I)c2)cc1C. The molecule has 0 heterocycles. The third kappa shape index (κ3) is 5.61. The molecular formula is C19H22I2N2O. The van der Waals surface area contributed by atoms with Crippen molar-refractivity contribution < 1.29 is 4.74 Å². The van der Waals surface area contributed by atoms with Gasteiger partial charge in [-0.15, -0.1) is 0 Å². The second kappa shape index (κ2) is 9.03. The number of nitrogens with zero attached hydrogens (tertiary/aromatic N) is 2. The lowest BCUT2D eigenvalue weighted by atomic mass is 10.1. The van der Waals surface area contributed by atoms with E-state index in [1.165, 1.54) is 7.14 Å². The molecule has 0 fully saturated rings. The predicted octanol–water partition coefficient (Wildman–Crippen LogP) is 6.31. The minimum atomic E-state index is 0.868. The number of hydrogen-bond acceptors (Lipinski definition) is 2. The molecule has 2 rings (SSSR count). The molecule has 0 saturated heterocycles. The van der Waals surface area contributed by atoms with Crippen LogP contribution in [0.2, 0.25) is 0 Å². The van der Waals surface area contributed by atoms with E-state index in [-0.39, 0.29) is 0 Å². The van der Waals surface area contributed by atoms with Gasteiger partial charge in [0.25, 0.3) is 0 Å². The first-order valence-electron chi connectivity index (χ1n) is 7.88. The van der Waals surface area contributed by atoms with E-state index in [1.807, 2.05) is 25.5 Å². The maximum atomic E-state index is 6.10. The molecule has 0 bridgehead atoms. The topological polar surface area (TPSA) is 24.8 Å². The Bertz CT molecular complexity index is 724. The van der Waals surface area contributed by atoms with Gasteiger partial charge in [-0.05, 0) is 107 Å². The molecule has 2 aromatic carbocycles. The van der Waals surface area contributed by atoms with Crippen molar-refractivity contribution in [3.8, 4) is 11.5 Å². The summed E-state index contributed by atoms with van der Waals surface area (Å²) in [5.41, 5.74) is 3.18. The number of aliphatic imine (C=N–C) groups is 1. The summed E-state index contributed by atoms with van der Waals surface area (Å²) in [5.74, 6) is 1.75. The molecule has 0 saturated carbocycles. The summed E-state index contributed by atoms with van der Waals surface area (Å²) < 4.78 is 8.44. The Labute approximate surface area is 171 Å². The fourth-order valence-electron chi connectivity index (χ4n) is 2.31. The van der Waals surface area contributed by atoms with Gasteiger partial charge in [0, 0.05) is 20.7 Å². The highest BCUT2D eigenvalue weighted by Crippen LogP contribution is 2.32. The maximum Gasteiger partial charge on any atom is 0.130 e. The lowest BCUT2D eigenvalue weighted by molar-refractivity contribution is 0.478. The van der Waals surface area contributed by atoms with Crippen LogP contribution in [0.3, 0.4) is 0 Å². The summed E-state index contributed by atoms with van der Waals surface area (Å²) in [4.78, 5) is 6.71. The molecule has 0 aromatic heterocycles. The van der Waals surface area contributed by atoms with Crippen LogP contribution in [0.5, 0.6) is 11.5 Å².